The summed E-state index contributed by atoms with van der Waals surface area (Å²) in [7, 11) is 1.01. The van der Waals surface area contributed by atoms with E-state index < -0.39 is 48.7 Å². The van der Waals surface area contributed by atoms with Gasteiger partial charge in [-0.15, -0.1) is 13.2 Å². The monoisotopic (exact) mass is 314 g/mol. The van der Waals surface area contributed by atoms with Gasteiger partial charge in [-0.3, -0.25) is 9.78 Å². The Kier molecular flexibility index (Phi) is 5.41. The molecule has 21 heavy (non-hydrogen) atoms. The van der Waals surface area contributed by atoms with E-state index in [1.807, 2.05) is 0 Å². The van der Waals surface area contributed by atoms with Gasteiger partial charge in [-0.05, 0) is 0 Å². The van der Waals surface area contributed by atoms with Gasteiger partial charge in [0.2, 0.25) is 0 Å². The molecule has 0 aliphatic heterocycles. The molecule has 0 saturated carbocycles. The van der Waals surface area contributed by atoms with Gasteiger partial charge in [-0.25, -0.2) is 8.78 Å². The molecule has 0 bridgehead atoms. The standard InChI is InChI=1S/C11H11F5N2O3/c1-20-7(19)2-6-8(10(12)13)9(21-11(14,15)16)5(3-17)4-18-6/h4,10H,2-3,17H2,1H3. The van der Waals surface area contributed by atoms with Gasteiger partial charge in [0.05, 0.1) is 24.8 Å². The second-order valence-corrected chi connectivity index (χ2v) is 3.78. The highest BCUT2D eigenvalue weighted by Crippen LogP contribution is 2.37. The molecule has 0 aliphatic carbocycles. The number of nitrogens with zero attached hydrogens (tertiary/aromatic N) is 1. The molecule has 5 nitrogen and oxygen atoms in total. The first-order valence-corrected chi connectivity index (χ1v) is 5.51. The summed E-state index contributed by atoms with van der Waals surface area (Å²) in [5.41, 5.74) is 3.16. The van der Waals surface area contributed by atoms with E-state index >= 15 is 0 Å². The molecular formula is C11H11F5N2O3. The maximum Gasteiger partial charge on any atom is 0.573 e. The molecule has 0 radical (unpaired) electrons. The summed E-state index contributed by atoms with van der Waals surface area (Å²) in [6.45, 7) is -0.489. The summed E-state index contributed by atoms with van der Waals surface area (Å²) in [6, 6.07) is 0. The van der Waals surface area contributed by atoms with E-state index in [0.29, 0.717) is 0 Å². The molecule has 0 aliphatic rings. The van der Waals surface area contributed by atoms with Crippen LogP contribution in [0.25, 0.3) is 0 Å². The lowest BCUT2D eigenvalue weighted by Crippen LogP contribution is -2.21. The zero-order valence-corrected chi connectivity index (χ0v) is 10.7. The van der Waals surface area contributed by atoms with Crippen LogP contribution in [0.15, 0.2) is 6.20 Å². The van der Waals surface area contributed by atoms with Crippen LogP contribution in [0.5, 0.6) is 5.75 Å². The Morgan fingerprint density at radius 3 is 2.48 bits per heavy atom. The third kappa shape index (κ3) is 4.52. The van der Waals surface area contributed by atoms with Crippen molar-refractivity contribution in [3.63, 3.8) is 0 Å². The third-order valence-electron chi connectivity index (χ3n) is 2.42. The van der Waals surface area contributed by atoms with E-state index in [4.69, 9.17) is 5.73 Å². The van der Waals surface area contributed by atoms with Crippen LogP contribution in [0.3, 0.4) is 0 Å². The zero-order valence-electron chi connectivity index (χ0n) is 10.7. The van der Waals surface area contributed by atoms with Crippen molar-refractivity contribution < 1.29 is 36.2 Å². The smallest absolute Gasteiger partial charge is 0.469 e. The summed E-state index contributed by atoms with van der Waals surface area (Å²) in [4.78, 5) is 14.7. The number of carbonyl (C=O) groups is 1. The van der Waals surface area contributed by atoms with Crippen LogP contribution in [0, 0.1) is 0 Å². The highest BCUT2D eigenvalue weighted by molar-refractivity contribution is 5.72. The topological polar surface area (TPSA) is 74.4 Å². The summed E-state index contributed by atoms with van der Waals surface area (Å²) in [5, 5.41) is 0. The van der Waals surface area contributed by atoms with Crippen molar-refractivity contribution in [2.75, 3.05) is 7.11 Å². The Hall–Kier alpha value is -1.97. The second-order valence-electron chi connectivity index (χ2n) is 3.78. The zero-order chi connectivity index (χ0) is 16.2. The van der Waals surface area contributed by atoms with Crippen molar-refractivity contribution in [2.24, 2.45) is 5.73 Å². The van der Waals surface area contributed by atoms with Crippen molar-refractivity contribution in [3.8, 4) is 5.75 Å². The Bertz CT molecular complexity index is 519. The first-order chi connectivity index (χ1) is 9.69. The highest BCUT2D eigenvalue weighted by Gasteiger charge is 2.36. The van der Waals surface area contributed by atoms with Gasteiger partial charge in [0.1, 0.15) is 5.75 Å². The van der Waals surface area contributed by atoms with Crippen LogP contribution in [-0.4, -0.2) is 24.4 Å². The Labute approximate surface area is 115 Å². The molecule has 1 aromatic rings. The van der Waals surface area contributed by atoms with Crippen LogP contribution in [0.4, 0.5) is 22.0 Å². The van der Waals surface area contributed by atoms with Crippen LogP contribution >= 0.6 is 0 Å². The molecule has 0 aromatic carbocycles. The molecule has 10 heteroatoms. The average molecular weight is 314 g/mol. The molecule has 1 aromatic heterocycles. The van der Waals surface area contributed by atoms with E-state index in [2.05, 4.69) is 14.5 Å². The van der Waals surface area contributed by atoms with Crippen LogP contribution in [0.1, 0.15) is 23.2 Å². The number of hydrogen-bond donors (Lipinski definition) is 1. The van der Waals surface area contributed by atoms with Crippen LogP contribution in [-0.2, 0) is 22.5 Å². The van der Waals surface area contributed by atoms with E-state index in [0.717, 1.165) is 13.3 Å². The van der Waals surface area contributed by atoms with Crippen LogP contribution in [0.2, 0.25) is 0 Å². The van der Waals surface area contributed by atoms with E-state index in [9.17, 15) is 26.7 Å². The molecule has 0 spiro atoms. The molecule has 0 unspecified atom stereocenters. The Morgan fingerprint density at radius 1 is 1.43 bits per heavy atom. The summed E-state index contributed by atoms with van der Waals surface area (Å²) < 4.78 is 71.0. The minimum absolute atomic E-state index is 0.351. The number of alkyl halides is 5. The van der Waals surface area contributed by atoms with E-state index in [1.54, 1.807) is 0 Å². The molecule has 0 amide bonds. The first kappa shape index (κ1) is 17.1. The van der Waals surface area contributed by atoms with Crippen molar-refractivity contribution >= 4 is 5.97 Å². The molecule has 0 fully saturated rings. The van der Waals surface area contributed by atoms with E-state index in [1.165, 1.54) is 0 Å². The lowest BCUT2D eigenvalue weighted by molar-refractivity contribution is -0.275. The summed E-state index contributed by atoms with van der Waals surface area (Å²) in [6.07, 6.45) is -8.38. The predicted molar refractivity (Wildman–Crippen MR) is 59.5 cm³/mol. The number of pyridine rings is 1. The Balaban J connectivity index is 3.41. The third-order valence-corrected chi connectivity index (χ3v) is 2.42. The van der Waals surface area contributed by atoms with Gasteiger partial charge < -0.3 is 15.2 Å². The number of carbonyl (C=O) groups excluding carboxylic acids is 1. The molecule has 0 atom stereocenters. The van der Waals surface area contributed by atoms with E-state index in [-0.39, 0.29) is 5.56 Å². The SMILES string of the molecule is COC(=O)Cc1ncc(CN)c(OC(F)(F)F)c1C(F)F. The molecule has 1 rings (SSSR count). The second kappa shape index (κ2) is 6.66. The van der Waals surface area contributed by atoms with Gasteiger partial charge >= 0.3 is 12.3 Å². The minimum atomic E-state index is -5.18. The van der Waals surface area contributed by atoms with Gasteiger partial charge in [0.15, 0.2) is 0 Å². The van der Waals surface area contributed by atoms with Crippen molar-refractivity contribution in [2.45, 2.75) is 25.8 Å². The number of esters is 1. The number of halogens is 5. The largest absolute Gasteiger partial charge is 0.573 e. The number of aromatic nitrogens is 1. The van der Waals surface area contributed by atoms with Crippen molar-refractivity contribution in [1.82, 2.24) is 4.98 Å². The molecule has 1 heterocycles. The maximum atomic E-state index is 13.1. The normalized spacial score (nSPS) is 11.6. The number of nitrogens with two attached hydrogens (primary N) is 1. The number of rotatable bonds is 5. The summed E-state index contributed by atoms with van der Waals surface area (Å²) in [5.74, 6) is -2.06. The van der Waals surface area contributed by atoms with Crippen molar-refractivity contribution in [1.29, 1.82) is 0 Å². The molecule has 0 saturated heterocycles. The van der Waals surface area contributed by atoms with Crippen molar-refractivity contribution in [3.05, 3.63) is 23.0 Å². The lowest BCUT2D eigenvalue weighted by atomic mass is 10.1. The summed E-state index contributed by atoms with van der Waals surface area (Å²) >= 11 is 0. The molecule has 2 N–H and O–H groups in total. The van der Waals surface area contributed by atoms with Gasteiger partial charge in [0.25, 0.3) is 6.43 Å². The molecule has 118 valence electrons. The quantitative estimate of drug-likeness (QED) is 0.665. The average Bonchev–Trinajstić information content (AvgIpc) is 2.36. The number of ether oxygens (including phenoxy) is 2. The first-order valence-electron chi connectivity index (χ1n) is 5.51. The Morgan fingerprint density at radius 2 is 2.05 bits per heavy atom. The fourth-order valence-electron chi connectivity index (χ4n) is 1.54. The lowest BCUT2D eigenvalue weighted by Gasteiger charge is -2.18. The van der Waals surface area contributed by atoms with Crippen LogP contribution < -0.4 is 10.5 Å². The van der Waals surface area contributed by atoms with Gasteiger partial charge in [-0.2, -0.15) is 0 Å². The van der Waals surface area contributed by atoms with Gasteiger partial charge in [-0.1, -0.05) is 0 Å². The predicted octanol–water partition coefficient (Wildman–Crippen LogP) is 2.09. The maximum absolute atomic E-state index is 13.1. The highest BCUT2D eigenvalue weighted by atomic mass is 19.4. The van der Waals surface area contributed by atoms with Gasteiger partial charge in [0, 0.05) is 18.3 Å². The minimum Gasteiger partial charge on any atom is -0.469 e. The number of methoxy groups -OCH3 is 1. The number of hydrogen-bond acceptors (Lipinski definition) is 5. The fraction of sp³-hybridized carbons (Fsp3) is 0.455. The fourth-order valence-corrected chi connectivity index (χ4v) is 1.54. The molecular weight excluding hydrogens is 303 g/mol.